The molecule has 0 spiro atoms. The van der Waals surface area contributed by atoms with Gasteiger partial charge in [-0.25, -0.2) is 8.78 Å². The van der Waals surface area contributed by atoms with Crippen LogP contribution in [0.25, 0.3) is 0 Å². The second kappa shape index (κ2) is 8.21. The minimum Gasteiger partial charge on any atom is -0.393 e. The quantitative estimate of drug-likeness (QED) is 0.787. The Bertz CT molecular complexity index is 455. The van der Waals surface area contributed by atoms with Crippen LogP contribution in [0.1, 0.15) is 19.8 Å². The second-order valence-electron chi connectivity index (χ2n) is 4.63. The van der Waals surface area contributed by atoms with Gasteiger partial charge in [-0.2, -0.15) is 0 Å². The molecule has 0 aromatic heterocycles. The summed E-state index contributed by atoms with van der Waals surface area (Å²) in [5.74, 6) is -1.28. The van der Waals surface area contributed by atoms with E-state index in [2.05, 4.69) is 0 Å². The third kappa shape index (κ3) is 5.88. The highest BCUT2D eigenvalue weighted by atomic mass is 32.2. The van der Waals surface area contributed by atoms with Gasteiger partial charge in [0.25, 0.3) is 0 Å². The van der Waals surface area contributed by atoms with Crippen molar-refractivity contribution in [3.8, 4) is 0 Å². The van der Waals surface area contributed by atoms with E-state index in [1.165, 1.54) is 17.8 Å². The molecule has 1 aromatic carbocycles. The van der Waals surface area contributed by atoms with E-state index in [-0.39, 0.29) is 5.91 Å². The van der Waals surface area contributed by atoms with Gasteiger partial charge in [0.1, 0.15) is 0 Å². The minimum atomic E-state index is -0.879. The Labute approximate surface area is 122 Å². The van der Waals surface area contributed by atoms with Gasteiger partial charge < -0.3 is 10.0 Å². The lowest BCUT2D eigenvalue weighted by atomic mass is 10.2. The summed E-state index contributed by atoms with van der Waals surface area (Å²) in [5, 5.41) is 9.15. The third-order valence-corrected chi connectivity index (χ3v) is 3.78. The molecule has 1 amide bonds. The summed E-state index contributed by atoms with van der Waals surface area (Å²) in [5.41, 5.74) is 0. The molecule has 6 heteroatoms. The number of hydrogen-bond acceptors (Lipinski definition) is 3. The molecule has 0 aliphatic rings. The summed E-state index contributed by atoms with van der Waals surface area (Å²) >= 11 is 1.31. The number of aliphatic hydroxyl groups is 1. The fourth-order valence-corrected chi connectivity index (χ4v) is 2.38. The van der Waals surface area contributed by atoms with Crippen molar-refractivity contribution >= 4 is 17.7 Å². The molecule has 0 aliphatic heterocycles. The second-order valence-corrected chi connectivity index (χ2v) is 5.80. The van der Waals surface area contributed by atoms with Crippen LogP contribution < -0.4 is 0 Å². The Morgan fingerprint density at radius 3 is 2.70 bits per heavy atom. The smallest absolute Gasteiger partial charge is 0.223 e. The number of amides is 1. The lowest BCUT2D eigenvalue weighted by Crippen LogP contribution is -2.29. The minimum absolute atomic E-state index is 0.0271. The summed E-state index contributed by atoms with van der Waals surface area (Å²) in [6.07, 6.45) is 0.431. The highest BCUT2D eigenvalue weighted by molar-refractivity contribution is 7.99. The molecule has 20 heavy (non-hydrogen) atoms. The van der Waals surface area contributed by atoms with E-state index in [1.54, 1.807) is 18.9 Å². The third-order valence-electron chi connectivity index (χ3n) is 2.78. The summed E-state index contributed by atoms with van der Waals surface area (Å²) in [7, 11) is 1.69. The first-order valence-electron chi connectivity index (χ1n) is 6.40. The predicted molar refractivity (Wildman–Crippen MR) is 75.6 cm³/mol. The van der Waals surface area contributed by atoms with E-state index in [0.717, 1.165) is 12.1 Å². The van der Waals surface area contributed by atoms with Gasteiger partial charge in [-0.05, 0) is 31.5 Å². The molecule has 0 bridgehead atoms. The Balaban J connectivity index is 2.32. The van der Waals surface area contributed by atoms with Gasteiger partial charge in [0, 0.05) is 30.7 Å². The maximum Gasteiger partial charge on any atom is 0.223 e. The number of carbonyl (C=O) groups is 1. The van der Waals surface area contributed by atoms with Crippen molar-refractivity contribution in [3.63, 3.8) is 0 Å². The van der Waals surface area contributed by atoms with Gasteiger partial charge >= 0.3 is 0 Å². The van der Waals surface area contributed by atoms with Crippen molar-refractivity contribution in [2.75, 3.05) is 19.3 Å². The standard InChI is InChI=1S/C14H19F2NO2S/c1-10(18)5-7-17(2)14(19)6-8-20-11-3-4-12(15)13(16)9-11/h3-4,9-10,18H,5-8H2,1-2H3. The van der Waals surface area contributed by atoms with Crippen LogP contribution in [-0.2, 0) is 4.79 Å². The van der Waals surface area contributed by atoms with Crippen molar-refractivity contribution in [3.05, 3.63) is 29.8 Å². The average Bonchev–Trinajstić information content (AvgIpc) is 2.39. The summed E-state index contributed by atoms with van der Waals surface area (Å²) < 4.78 is 25.7. The molecule has 0 aliphatic carbocycles. The normalized spacial score (nSPS) is 12.2. The molecule has 112 valence electrons. The molecule has 0 saturated heterocycles. The number of hydrogen-bond donors (Lipinski definition) is 1. The topological polar surface area (TPSA) is 40.5 Å². The van der Waals surface area contributed by atoms with Crippen LogP contribution in [0.15, 0.2) is 23.1 Å². The van der Waals surface area contributed by atoms with Crippen LogP contribution in [0.2, 0.25) is 0 Å². The van der Waals surface area contributed by atoms with E-state index in [0.29, 0.717) is 30.0 Å². The molecule has 1 aromatic rings. The first-order valence-corrected chi connectivity index (χ1v) is 7.38. The van der Waals surface area contributed by atoms with Crippen molar-refractivity contribution in [2.24, 2.45) is 0 Å². The van der Waals surface area contributed by atoms with E-state index in [4.69, 9.17) is 5.11 Å². The molecule has 1 rings (SSSR count). The van der Waals surface area contributed by atoms with Crippen molar-refractivity contribution in [1.82, 2.24) is 4.90 Å². The molecule has 1 unspecified atom stereocenters. The van der Waals surface area contributed by atoms with E-state index >= 15 is 0 Å². The summed E-state index contributed by atoms with van der Waals surface area (Å²) in [4.78, 5) is 13.9. The highest BCUT2D eigenvalue weighted by Crippen LogP contribution is 2.21. The zero-order valence-electron chi connectivity index (χ0n) is 11.6. The predicted octanol–water partition coefficient (Wildman–Crippen LogP) is 2.68. The van der Waals surface area contributed by atoms with Gasteiger partial charge in [0.15, 0.2) is 11.6 Å². The van der Waals surface area contributed by atoms with Crippen molar-refractivity contribution < 1.29 is 18.7 Å². The zero-order valence-corrected chi connectivity index (χ0v) is 12.4. The Kier molecular flexibility index (Phi) is 6.95. The lowest BCUT2D eigenvalue weighted by molar-refractivity contribution is -0.129. The van der Waals surface area contributed by atoms with Gasteiger partial charge in [-0.1, -0.05) is 0 Å². The first kappa shape index (κ1) is 16.9. The molecule has 0 radical (unpaired) electrons. The van der Waals surface area contributed by atoms with Gasteiger partial charge in [-0.3, -0.25) is 4.79 Å². The van der Waals surface area contributed by atoms with Crippen LogP contribution in [0, 0.1) is 11.6 Å². The number of thioether (sulfide) groups is 1. The molecular weight excluding hydrogens is 284 g/mol. The first-order chi connectivity index (χ1) is 9.40. The molecule has 0 heterocycles. The average molecular weight is 303 g/mol. The summed E-state index contributed by atoms with van der Waals surface area (Å²) in [6, 6.07) is 3.70. The van der Waals surface area contributed by atoms with E-state index in [1.807, 2.05) is 0 Å². The van der Waals surface area contributed by atoms with Crippen LogP contribution in [0.3, 0.4) is 0 Å². The fraction of sp³-hybridized carbons (Fsp3) is 0.500. The van der Waals surface area contributed by atoms with Gasteiger partial charge in [0.2, 0.25) is 5.91 Å². The number of aliphatic hydroxyl groups excluding tert-OH is 1. The number of benzene rings is 1. The molecule has 1 N–H and O–H groups in total. The largest absolute Gasteiger partial charge is 0.393 e. The molecule has 0 fully saturated rings. The maximum absolute atomic E-state index is 13.0. The lowest BCUT2D eigenvalue weighted by Gasteiger charge is -2.17. The van der Waals surface area contributed by atoms with Crippen LogP contribution in [0.5, 0.6) is 0 Å². The van der Waals surface area contributed by atoms with E-state index < -0.39 is 17.7 Å². The van der Waals surface area contributed by atoms with Crippen LogP contribution >= 0.6 is 11.8 Å². The highest BCUT2D eigenvalue weighted by Gasteiger charge is 2.10. The molecule has 0 saturated carbocycles. The van der Waals surface area contributed by atoms with Crippen molar-refractivity contribution in [2.45, 2.75) is 30.8 Å². The van der Waals surface area contributed by atoms with Gasteiger partial charge in [0.05, 0.1) is 6.10 Å². The Morgan fingerprint density at radius 1 is 1.40 bits per heavy atom. The fourth-order valence-electron chi connectivity index (χ4n) is 1.52. The Hall–Kier alpha value is -1.14. The van der Waals surface area contributed by atoms with Crippen molar-refractivity contribution in [1.29, 1.82) is 0 Å². The van der Waals surface area contributed by atoms with E-state index in [9.17, 15) is 13.6 Å². The summed E-state index contributed by atoms with van der Waals surface area (Å²) in [6.45, 7) is 2.18. The van der Waals surface area contributed by atoms with Gasteiger partial charge in [-0.15, -0.1) is 11.8 Å². The maximum atomic E-state index is 13.0. The number of nitrogens with zero attached hydrogens (tertiary/aromatic N) is 1. The molecule has 3 nitrogen and oxygen atoms in total. The monoisotopic (exact) mass is 303 g/mol. The van der Waals surface area contributed by atoms with Crippen LogP contribution in [-0.4, -0.2) is 41.4 Å². The molecular formula is C14H19F2NO2S. The van der Waals surface area contributed by atoms with Crippen LogP contribution in [0.4, 0.5) is 8.78 Å². The number of carbonyl (C=O) groups excluding carboxylic acids is 1. The zero-order chi connectivity index (χ0) is 15.1. The Morgan fingerprint density at radius 2 is 2.10 bits per heavy atom. The number of halogens is 2. The molecule has 1 atom stereocenters. The number of rotatable bonds is 7. The SMILES string of the molecule is CC(O)CCN(C)C(=O)CCSc1ccc(F)c(F)c1.